The maximum atomic E-state index is 2.49. The van der Waals surface area contributed by atoms with Crippen LogP contribution in [0.25, 0.3) is 0 Å². The van der Waals surface area contributed by atoms with E-state index in [0.29, 0.717) is 0 Å². The molecule has 0 N–H and O–H groups in total. The minimum absolute atomic E-state index is 1.39. The molecule has 0 heterocycles. The maximum Gasteiger partial charge on any atom is 0.101 e. The van der Waals surface area contributed by atoms with Gasteiger partial charge in [0, 0.05) is 6.55 Å². The van der Waals surface area contributed by atoms with Gasteiger partial charge in [0.15, 0.2) is 0 Å². The van der Waals surface area contributed by atoms with Gasteiger partial charge in [0.1, 0.15) is 5.30 Å². The lowest BCUT2D eigenvalue weighted by molar-refractivity contribution is 1.73. The number of rotatable bonds is 5. The SMILES string of the molecule is C[P+](C)(P=P(c1ccccc1)(c1ccccc1)c1ccccc1)c1ccccc1. The average molecular weight is 431 g/mol. The first-order chi connectivity index (χ1) is 14.1. The molecule has 0 bridgehead atoms. The Morgan fingerprint density at radius 1 is 0.483 bits per heavy atom. The molecule has 29 heavy (non-hydrogen) atoms. The van der Waals surface area contributed by atoms with Crippen LogP contribution in [0.3, 0.4) is 0 Å². The molecule has 3 heteroatoms. The van der Waals surface area contributed by atoms with E-state index in [9.17, 15) is 0 Å². The van der Waals surface area contributed by atoms with Crippen LogP contribution in [0.15, 0.2) is 121 Å². The standard InChI is InChI=1S/C26H26P3/c1-28(2,23-15-7-3-8-16-23)27-29(24-17-9-4-10-18-24,25-19-11-5-12-20-25)26-21-13-6-14-22-26/h3-22H,1-2H3/q+1. The van der Waals surface area contributed by atoms with Crippen LogP contribution in [0.2, 0.25) is 0 Å². The molecule has 0 radical (unpaired) electrons. The lowest BCUT2D eigenvalue weighted by Crippen LogP contribution is -2.24. The summed E-state index contributed by atoms with van der Waals surface area (Å²) in [6.45, 7) is 1.78. The minimum atomic E-state index is -1.82. The molecule has 4 aromatic rings. The second-order valence-electron chi connectivity index (χ2n) is 7.46. The highest BCUT2D eigenvalue weighted by Gasteiger charge is 2.36. The maximum absolute atomic E-state index is 2.49. The van der Waals surface area contributed by atoms with Crippen molar-refractivity contribution >= 4 is 42.3 Å². The Bertz CT molecular complexity index is 1000. The Morgan fingerprint density at radius 2 is 0.793 bits per heavy atom. The van der Waals surface area contributed by atoms with Gasteiger partial charge < -0.3 is 0 Å². The average Bonchev–Trinajstić information content (AvgIpc) is 2.80. The highest BCUT2D eigenvalue weighted by atomic mass is 32.3. The largest absolute Gasteiger partial charge is 0.101 e. The normalized spacial score (nSPS) is 12.1. The van der Waals surface area contributed by atoms with E-state index < -0.39 is 13.5 Å². The number of benzene rings is 4. The fourth-order valence-corrected chi connectivity index (χ4v) is 23.0. The Balaban J connectivity index is 2.12. The van der Waals surface area contributed by atoms with E-state index in [4.69, 9.17) is 0 Å². The molecule has 0 amide bonds. The molecule has 4 aromatic carbocycles. The van der Waals surface area contributed by atoms with Crippen LogP contribution in [0.1, 0.15) is 0 Å². The van der Waals surface area contributed by atoms with Crippen LogP contribution in [0, 0.1) is 0 Å². The van der Waals surface area contributed by atoms with Crippen molar-refractivity contribution in [3.8, 4) is 0 Å². The van der Waals surface area contributed by atoms with Crippen molar-refractivity contribution in [2.75, 3.05) is 13.3 Å². The van der Waals surface area contributed by atoms with Gasteiger partial charge in [0.05, 0.1) is 27.8 Å². The van der Waals surface area contributed by atoms with Crippen LogP contribution in [0.4, 0.5) is 0 Å². The van der Waals surface area contributed by atoms with Gasteiger partial charge in [-0.2, -0.15) is 0 Å². The molecule has 4 rings (SSSR count). The summed E-state index contributed by atoms with van der Waals surface area (Å²) in [6, 6.07) is 44.7. The number of hydrogen-bond donors (Lipinski definition) is 0. The predicted octanol–water partition coefficient (Wildman–Crippen LogP) is 6.36. The first-order valence-corrected chi connectivity index (χ1v) is 16.6. The summed E-state index contributed by atoms with van der Waals surface area (Å²) in [5, 5.41) is 5.88. The van der Waals surface area contributed by atoms with Crippen LogP contribution in [-0.2, 0) is 0 Å². The van der Waals surface area contributed by atoms with Gasteiger partial charge in [0.25, 0.3) is 0 Å². The molecule has 0 unspecified atom stereocenters. The van der Waals surface area contributed by atoms with E-state index in [1.165, 1.54) is 21.2 Å². The topological polar surface area (TPSA) is 0 Å². The summed E-state index contributed by atoms with van der Waals surface area (Å²) in [6.07, 6.45) is 0. The van der Waals surface area contributed by atoms with E-state index >= 15 is 0 Å². The van der Waals surface area contributed by atoms with Crippen molar-refractivity contribution in [2.45, 2.75) is 0 Å². The molecule has 0 aliphatic rings. The quantitative estimate of drug-likeness (QED) is 0.323. The fourth-order valence-electron chi connectivity index (χ4n) is 3.71. The zero-order chi connectivity index (χ0) is 20.2. The highest BCUT2D eigenvalue weighted by Crippen LogP contribution is 2.74. The molecule has 0 saturated heterocycles. The molecular weight excluding hydrogens is 405 g/mol. The lowest BCUT2D eigenvalue weighted by Gasteiger charge is -2.28. The van der Waals surface area contributed by atoms with Gasteiger partial charge >= 0.3 is 0 Å². The summed E-state index contributed by atoms with van der Waals surface area (Å²) in [5.41, 5.74) is 0. The molecule has 0 fully saturated rings. The van der Waals surface area contributed by atoms with Crippen molar-refractivity contribution in [1.29, 1.82) is 0 Å². The second kappa shape index (κ2) is 8.81. The molecule has 0 aliphatic heterocycles. The van der Waals surface area contributed by atoms with Crippen LogP contribution < -0.4 is 21.2 Å². The van der Waals surface area contributed by atoms with Crippen molar-refractivity contribution in [3.63, 3.8) is 0 Å². The Kier molecular flexibility index (Phi) is 6.18. The first-order valence-electron chi connectivity index (χ1n) is 9.83. The molecule has 144 valence electrons. The monoisotopic (exact) mass is 431 g/mol. The molecule has 0 nitrogen and oxygen atoms in total. The molecule has 0 spiro atoms. The molecular formula is C26H26P3+. The zero-order valence-corrected chi connectivity index (χ0v) is 19.6. The smallest absolute Gasteiger partial charge is 0.0622 e. The molecule has 0 saturated carbocycles. The Morgan fingerprint density at radius 3 is 1.14 bits per heavy atom. The van der Waals surface area contributed by atoms with E-state index in [1.54, 1.807) is 7.56 Å². The molecule has 0 atom stereocenters. The van der Waals surface area contributed by atoms with Crippen LogP contribution >= 0.6 is 21.1 Å². The Hall–Kier alpha value is -1.96. The summed E-state index contributed by atoms with van der Waals surface area (Å²) < 4.78 is 0. The van der Waals surface area contributed by atoms with Crippen molar-refractivity contribution in [1.82, 2.24) is 0 Å². The van der Waals surface area contributed by atoms with Gasteiger partial charge in [0.2, 0.25) is 0 Å². The van der Waals surface area contributed by atoms with Gasteiger partial charge in [-0.05, 0) is 28.0 Å². The van der Waals surface area contributed by atoms with Crippen molar-refractivity contribution in [2.24, 2.45) is 0 Å². The second-order valence-corrected chi connectivity index (χ2v) is 20.7. The van der Waals surface area contributed by atoms with E-state index in [0.717, 1.165) is 0 Å². The van der Waals surface area contributed by atoms with Crippen LogP contribution in [0.5, 0.6) is 0 Å². The van der Waals surface area contributed by atoms with Gasteiger partial charge in [-0.25, -0.2) is 0 Å². The minimum Gasteiger partial charge on any atom is -0.0622 e. The summed E-state index contributed by atoms with van der Waals surface area (Å²) in [5.74, 6) is 0. The fraction of sp³-hybridized carbons (Fsp3) is 0.0769. The van der Waals surface area contributed by atoms with Gasteiger partial charge in [-0.1, -0.05) is 109 Å². The predicted molar refractivity (Wildman–Crippen MR) is 137 cm³/mol. The third kappa shape index (κ3) is 4.17. The zero-order valence-electron chi connectivity index (χ0n) is 16.9. The number of hydrogen-bond acceptors (Lipinski definition) is 0. The van der Waals surface area contributed by atoms with Gasteiger partial charge in [-0.15, -0.1) is 0 Å². The van der Waals surface area contributed by atoms with E-state index in [-0.39, 0.29) is 0 Å². The third-order valence-corrected chi connectivity index (χ3v) is 21.9. The summed E-state index contributed by atoms with van der Waals surface area (Å²) >= 11 is 0. The molecule has 0 aromatic heterocycles. The van der Waals surface area contributed by atoms with E-state index in [2.05, 4.69) is 135 Å². The Labute approximate surface area is 176 Å². The first kappa shape index (κ1) is 20.3. The summed E-state index contributed by atoms with van der Waals surface area (Å²) in [4.78, 5) is 0. The summed E-state index contributed by atoms with van der Waals surface area (Å²) in [7, 11) is 1.54. The van der Waals surface area contributed by atoms with E-state index in [1.807, 2.05) is 0 Å². The lowest BCUT2D eigenvalue weighted by atomic mass is 10.4. The highest BCUT2D eigenvalue weighted by molar-refractivity contribution is 8.51. The molecule has 0 aliphatic carbocycles. The van der Waals surface area contributed by atoms with Gasteiger partial charge in [-0.3, -0.25) is 0 Å². The third-order valence-electron chi connectivity index (χ3n) is 5.14. The van der Waals surface area contributed by atoms with Crippen molar-refractivity contribution < 1.29 is 0 Å². The van der Waals surface area contributed by atoms with Crippen LogP contribution in [-0.4, -0.2) is 13.3 Å². The van der Waals surface area contributed by atoms with Crippen molar-refractivity contribution in [3.05, 3.63) is 121 Å².